The lowest BCUT2D eigenvalue weighted by Crippen LogP contribution is -2.35. The van der Waals surface area contributed by atoms with Crippen LogP contribution in [0.5, 0.6) is 0 Å². The summed E-state index contributed by atoms with van der Waals surface area (Å²) in [6.07, 6.45) is 6.73. The van der Waals surface area contributed by atoms with Gasteiger partial charge in [0.2, 0.25) is 0 Å². The van der Waals surface area contributed by atoms with E-state index in [4.69, 9.17) is 4.99 Å². The van der Waals surface area contributed by atoms with Gasteiger partial charge < -0.3 is 4.90 Å². The molecule has 4 nitrogen and oxygen atoms in total. The molecule has 0 spiro atoms. The molecule has 0 amide bonds. The second-order valence-electron chi connectivity index (χ2n) is 5.62. The summed E-state index contributed by atoms with van der Waals surface area (Å²) in [6, 6.07) is 11.1. The standard InChI is InChI=1S/C17H18N4S/c1-2-13-11-22-17-20-15(14-5-3-4-8-19-14)16(21(13)17)12-6-9-18-10-7-12/h3-10,13,15-16H,2,11H2,1H3/t13-,15+,16+/m1/s1. The number of hydrogen-bond donors (Lipinski definition) is 0. The summed E-state index contributed by atoms with van der Waals surface area (Å²) in [4.78, 5) is 16.2. The number of hydrogen-bond acceptors (Lipinski definition) is 5. The third kappa shape index (κ3) is 2.20. The fraction of sp³-hybridized carbons (Fsp3) is 0.353. The highest BCUT2D eigenvalue weighted by molar-refractivity contribution is 8.14. The Labute approximate surface area is 134 Å². The molecule has 2 aliphatic rings. The Kier molecular flexibility index (Phi) is 3.58. The van der Waals surface area contributed by atoms with E-state index in [9.17, 15) is 0 Å². The molecule has 1 saturated heterocycles. The summed E-state index contributed by atoms with van der Waals surface area (Å²) in [5.41, 5.74) is 2.31. The predicted octanol–water partition coefficient (Wildman–Crippen LogP) is 3.46. The van der Waals surface area contributed by atoms with Crippen LogP contribution >= 0.6 is 11.8 Å². The van der Waals surface area contributed by atoms with Crippen LogP contribution in [0.15, 0.2) is 53.9 Å². The van der Waals surface area contributed by atoms with Crippen molar-refractivity contribution < 1.29 is 0 Å². The fourth-order valence-corrected chi connectivity index (χ4v) is 4.61. The molecule has 0 bridgehead atoms. The second-order valence-corrected chi connectivity index (χ2v) is 6.60. The zero-order valence-electron chi connectivity index (χ0n) is 12.5. The molecular weight excluding hydrogens is 292 g/mol. The Morgan fingerprint density at radius 2 is 2.05 bits per heavy atom. The van der Waals surface area contributed by atoms with Gasteiger partial charge in [0.05, 0.1) is 11.7 Å². The van der Waals surface area contributed by atoms with E-state index >= 15 is 0 Å². The number of aliphatic imine (C=N–C) groups is 1. The van der Waals surface area contributed by atoms with Gasteiger partial charge in [0.15, 0.2) is 5.17 Å². The summed E-state index contributed by atoms with van der Waals surface area (Å²) in [5, 5.41) is 1.17. The van der Waals surface area contributed by atoms with Crippen molar-refractivity contribution in [2.45, 2.75) is 31.5 Å². The highest BCUT2D eigenvalue weighted by Crippen LogP contribution is 2.48. The van der Waals surface area contributed by atoms with E-state index in [1.807, 2.05) is 42.5 Å². The molecule has 0 N–H and O–H groups in total. The van der Waals surface area contributed by atoms with Gasteiger partial charge in [-0.05, 0) is 36.2 Å². The molecule has 2 aliphatic heterocycles. The monoisotopic (exact) mass is 310 g/mol. The van der Waals surface area contributed by atoms with Gasteiger partial charge in [0.1, 0.15) is 6.04 Å². The molecule has 0 aromatic carbocycles. The van der Waals surface area contributed by atoms with Crippen LogP contribution in [0.1, 0.15) is 36.7 Å². The molecule has 4 rings (SSSR count). The van der Waals surface area contributed by atoms with Gasteiger partial charge in [-0.15, -0.1) is 0 Å². The maximum absolute atomic E-state index is 5.00. The first kappa shape index (κ1) is 13.8. The van der Waals surface area contributed by atoms with Crippen molar-refractivity contribution in [3.63, 3.8) is 0 Å². The Balaban J connectivity index is 1.79. The van der Waals surface area contributed by atoms with Crippen LogP contribution in [0.4, 0.5) is 0 Å². The summed E-state index contributed by atoms with van der Waals surface area (Å²) in [5.74, 6) is 1.13. The average Bonchev–Trinajstić information content (AvgIpc) is 3.15. The van der Waals surface area contributed by atoms with E-state index in [1.54, 1.807) is 0 Å². The van der Waals surface area contributed by atoms with E-state index in [0.717, 1.165) is 17.9 Å². The van der Waals surface area contributed by atoms with Gasteiger partial charge in [-0.2, -0.15) is 0 Å². The minimum absolute atomic E-state index is 0.0699. The molecule has 0 unspecified atom stereocenters. The third-order valence-corrected chi connectivity index (χ3v) is 5.50. The molecule has 2 aromatic rings. The molecule has 4 heterocycles. The third-order valence-electron chi connectivity index (χ3n) is 4.38. The Morgan fingerprint density at radius 3 is 2.77 bits per heavy atom. The highest BCUT2D eigenvalue weighted by Gasteiger charge is 2.45. The number of nitrogens with zero attached hydrogens (tertiary/aromatic N) is 4. The molecule has 112 valence electrons. The Hall–Kier alpha value is -1.88. The summed E-state index contributed by atoms with van der Waals surface area (Å²) in [7, 11) is 0. The van der Waals surface area contributed by atoms with Crippen molar-refractivity contribution in [2.24, 2.45) is 4.99 Å². The fourth-order valence-electron chi connectivity index (χ4n) is 3.27. The smallest absolute Gasteiger partial charge is 0.160 e. The van der Waals surface area contributed by atoms with Crippen molar-refractivity contribution in [1.29, 1.82) is 0 Å². The molecule has 3 atom stereocenters. The summed E-state index contributed by atoms with van der Waals surface area (Å²) >= 11 is 1.88. The van der Waals surface area contributed by atoms with Crippen molar-refractivity contribution in [3.05, 3.63) is 60.2 Å². The van der Waals surface area contributed by atoms with Crippen LogP contribution in [0.2, 0.25) is 0 Å². The average molecular weight is 310 g/mol. The van der Waals surface area contributed by atoms with E-state index in [1.165, 1.54) is 10.7 Å². The SMILES string of the molecule is CC[C@@H]1CSC2=N[C@@H](c3ccccn3)[C@H](c3ccncc3)N21. The van der Waals surface area contributed by atoms with Crippen molar-refractivity contribution >= 4 is 16.9 Å². The van der Waals surface area contributed by atoms with E-state index < -0.39 is 0 Å². The molecule has 0 radical (unpaired) electrons. The first-order valence-corrected chi connectivity index (χ1v) is 8.67. The highest BCUT2D eigenvalue weighted by atomic mass is 32.2. The zero-order valence-corrected chi connectivity index (χ0v) is 13.3. The van der Waals surface area contributed by atoms with Crippen LogP contribution in [0, 0.1) is 0 Å². The number of amidine groups is 1. The number of rotatable bonds is 3. The minimum atomic E-state index is 0.0699. The maximum atomic E-state index is 5.00. The molecule has 2 aromatic heterocycles. The predicted molar refractivity (Wildman–Crippen MR) is 89.8 cm³/mol. The number of thioether (sulfide) groups is 1. The number of pyridine rings is 2. The van der Waals surface area contributed by atoms with Gasteiger partial charge in [-0.3, -0.25) is 15.0 Å². The van der Waals surface area contributed by atoms with Gasteiger partial charge in [-0.25, -0.2) is 0 Å². The van der Waals surface area contributed by atoms with Crippen LogP contribution in [0.25, 0.3) is 0 Å². The normalized spacial score (nSPS) is 26.9. The molecule has 22 heavy (non-hydrogen) atoms. The Morgan fingerprint density at radius 1 is 1.18 bits per heavy atom. The Bertz CT molecular complexity index is 674. The van der Waals surface area contributed by atoms with Gasteiger partial charge in [0.25, 0.3) is 0 Å². The number of fused-ring (bicyclic) bond motifs is 1. The zero-order chi connectivity index (χ0) is 14.9. The van der Waals surface area contributed by atoms with Crippen LogP contribution in [-0.2, 0) is 0 Å². The number of aromatic nitrogens is 2. The summed E-state index contributed by atoms with van der Waals surface area (Å²) in [6.45, 7) is 2.26. The molecule has 0 aliphatic carbocycles. The first-order valence-electron chi connectivity index (χ1n) is 7.68. The molecule has 0 saturated carbocycles. The lowest BCUT2D eigenvalue weighted by molar-refractivity contribution is 0.255. The van der Waals surface area contributed by atoms with E-state index in [-0.39, 0.29) is 12.1 Å². The van der Waals surface area contributed by atoms with E-state index in [0.29, 0.717) is 6.04 Å². The molecule has 5 heteroatoms. The second kappa shape index (κ2) is 5.72. The van der Waals surface area contributed by atoms with Crippen LogP contribution in [-0.4, -0.2) is 31.8 Å². The molecular formula is C17H18N4S. The first-order chi connectivity index (χ1) is 10.9. The minimum Gasteiger partial charge on any atom is -0.338 e. The quantitative estimate of drug-likeness (QED) is 0.870. The lowest BCUT2D eigenvalue weighted by Gasteiger charge is -2.31. The summed E-state index contributed by atoms with van der Waals surface area (Å²) < 4.78 is 0. The topological polar surface area (TPSA) is 41.4 Å². The van der Waals surface area contributed by atoms with Crippen molar-refractivity contribution in [2.75, 3.05) is 5.75 Å². The van der Waals surface area contributed by atoms with E-state index in [2.05, 4.69) is 40.0 Å². The van der Waals surface area contributed by atoms with Crippen LogP contribution in [0.3, 0.4) is 0 Å². The maximum Gasteiger partial charge on any atom is 0.160 e. The van der Waals surface area contributed by atoms with Gasteiger partial charge in [-0.1, -0.05) is 24.8 Å². The molecule has 1 fully saturated rings. The lowest BCUT2D eigenvalue weighted by atomic mass is 9.96. The van der Waals surface area contributed by atoms with Crippen LogP contribution < -0.4 is 0 Å². The van der Waals surface area contributed by atoms with Gasteiger partial charge in [0, 0.05) is 30.4 Å². The van der Waals surface area contributed by atoms with Gasteiger partial charge >= 0.3 is 0 Å². The largest absolute Gasteiger partial charge is 0.338 e. The van der Waals surface area contributed by atoms with Crippen molar-refractivity contribution in [1.82, 2.24) is 14.9 Å². The van der Waals surface area contributed by atoms with Crippen molar-refractivity contribution in [3.8, 4) is 0 Å².